The second-order valence-corrected chi connectivity index (χ2v) is 5.03. The van der Waals surface area contributed by atoms with Crippen molar-refractivity contribution in [2.75, 3.05) is 13.2 Å². The van der Waals surface area contributed by atoms with Crippen molar-refractivity contribution in [1.82, 2.24) is 0 Å². The molecule has 0 aliphatic heterocycles. The Morgan fingerprint density at radius 3 is 2.33 bits per heavy atom. The first-order valence-corrected chi connectivity index (χ1v) is 7.12. The van der Waals surface area contributed by atoms with Gasteiger partial charge in [0.1, 0.15) is 19.0 Å². The SMILES string of the molecule is CC(C)C(=O)OCCOc1ccccc1-c1ccccc1. The van der Waals surface area contributed by atoms with Crippen LogP contribution in [-0.2, 0) is 9.53 Å². The van der Waals surface area contributed by atoms with E-state index in [-0.39, 0.29) is 18.5 Å². The molecule has 2 aromatic carbocycles. The van der Waals surface area contributed by atoms with Crippen LogP contribution in [0.4, 0.5) is 0 Å². The number of para-hydroxylation sites is 1. The Bertz CT molecular complexity index is 576. The third-order valence-corrected chi connectivity index (χ3v) is 3.03. The van der Waals surface area contributed by atoms with E-state index < -0.39 is 0 Å². The number of hydrogen-bond donors (Lipinski definition) is 0. The number of hydrogen-bond acceptors (Lipinski definition) is 3. The Hall–Kier alpha value is -2.29. The summed E-state index contributed by atoms with van der Waals surface area (Å²) in [5, 5.41) is 0. The summed E-state index contributed by atoms with van der Waals surface area (Å²) in [6.45, 7) is 4.24. The quantitative estimate of drug-likeness (QED) is 0.595. The van der Waals surface area contributed by atoms with E-state index in [2.05, 4.69) is 0 Å². The molecule has 0 spiro atoms. The minimum absolute atomic E-state index is 0.110. The first kappa shape index (κ1) is 15.1. The summed E-state index contributed by atoms with van der Waals surface area (Å²) in [6.07, 6.45) is 0. The Morgan fingerprint density at radius 2 is 1.62 bits per heavy atom. The van der Waals surface area contributed by atoms with Gasteiger partial charge in [0.05, 0.1) is 5.92 Å². The van der Waals surface area contributed by atoms with Crippen LogP contribution in [0, 0.1) is 5.92 Å². The van der Waals surface area contributed by atoms with E-state index in [0.717, 1.165) is 16.9 Å². The van der Waals surface area contributed by atoms with Gasteiger partial charge in [0, 0.05) is 5.56 Å². The molecule has 0 bridgehead atoms. The summed E-state index contributed by atoms with van der Waals surface area (Å²) in [5.41, 5.74) is 2.14. The zero-order valence-corrected chi connectivity index (χ0v) is 12.4. The van der Waals surface area contributed by atoms with Gasteiger partial charge in [0.2, 0.25) is 0 Å². The van der Waals surface area contributed by atoms with E-state index in [9.17, 15) is 4.79 Å². The highest BCUT2D eigenvalue weighted by Gasteiger charge is 2.09. The van der Waals surface area contributed by atoms with E-state index in [4.69, 9.17) is 9.47 Å². The van der Waals surface area contributed by atoms with Gasteiger partial charge in [0.25, 0.3) is 0 Å². The maximum absolute atomic E-state index is 11.4. The van der Waals surface area contributed by atoms with Crippen molar-refractivity contribution in [1.29, 1.82) is 0 Å². The molecule has 0 amide bonds. The lowest BCUT2D eigenvalue weighted by Gasteiger charge is -2.12. The van der Waals surface area contributed by atoms with Crippen molar-refractivity contribution in [2.24, 2.45) is 5.92 Å². The number of esters is 1. The molecule has 3 nitrogen and oxygen atoms in total. The summed E-state index contributed by atoms with van der Waals surface area (Å²) in [7, 11) is 0. The van der Waals surface area contributed by atoms with Crippen LogP contribution in [0.2, 0.25) is 0 Å². The van der Waals surface area contributed by atoms with E-state index in [1.807, 2.05) is 68.4 Å². The monoisotopic (exact) mass is 284 g/mol. The molecule has 0 saturated heterocycles. The van der Waals surface area contributed by atoms with Crippen molar-refractivity contribution in [3.63, 3.8) is 0 Å². The topological polar surface area (TPSA) is 35.5 Å². The fourth-order valence-corrected chi connectivity index (χ4v) is 1.91. The van der Waals surface area contributed by atoms with Gasteiger partial charge in [-0.3, -0.25) is 4.79 Å². The molecule has 0 aliphatic carbocycles. The summed E-state index contributed by atoms with van der Waals surface area (Å²) >= 11 is 0. The largest absolute Gasteiger partial charge is 0.489 e. The number of benzene rings is 2. The standard InChI is InChI=1S/C18H20O3/c1-14(2)18(19)21-13-12-20-17-11-7-6-10-16(17)15-8-4-3-5-9-15/h3-11,14H,12-13H2,1-2H3. The summed E-state index contributed by atoms with van der Waals surface area (Å²) in [6, 6.07) is 17.9. The molecule has 110 valence electrons. The Labute approximate surface area is 125 Å². The molecule has 0 heterocycles. The number of ether oxygens (including phenoxy) is 2. The molecule has 0 aliphatic rings. The van der Waals surface area contributed by atoms with Gasteiger partial charge in [-0.15, -0.1) is 0 Å². The Balaban J connectivity index is 1.97. The molecule has 0 atom stereocenters. The highest BCUT2D eigenvalue weighted by molar-refractivity contribution is 5.71. The molecule has 0 saturated carbocycles. The van der Waals surface area contributed by atoms with Crippen LogP contribution >= 0.6 is 0 Å². The average molecular weight is 284 g/mol. The van der Waals surface area contributed by atoms with E-state index >= 15 is 0 Å². The van der Waals surface area contributed by atoms with Crippen LogP contribution in [0.5, 0.6) is 5.75 Å². The van der Waals surface area contributed by atoms with E-state index in [1.54, 1.807) is 0 Å². The zero-order chi connectivity index (χ0) is 15.1. The average Bonchev–Trinajstić information content (AvgIpc) is 2.52. The first-order valence-electron chi connectivity index (χ1n) is 7.12. The molecule has 2 aromatic rings. The molecule has 0 fully saturated rings. The normalized spacial score (nSPS) is 10.4. The van der Waals surface area contributed by atoms with Gasteiger partial charge in [-0.2, -0.15) is 0 Å². The lowest BCUT2D eigenvalue weighted by Crippen LogP contribution is -2.16. The number of carbonyl (C=O) groups excluding carboxylic acids is 1. The van der Waals surface area contributed by atoms with Crippen LogP contribution in [0.25, 0.3) is 11.1 Å². The van der Waals surface area contributed by atoms with Crippen molar-refractivity contribution in [3.8, 4) is 16.9 Å². The zero-order valence-electron chi connectivity index (χ0n) is 12.4. The van der Waals surface area contributed by atoms with Gasteiger partial charge in [-0.1, -0.05) is 62.4 Å². The smallest absolute Gasteiger partial charge is 0.308 e. The predicted molar refractivity (Wildman–Crippen MR) is 83.2 cm³/mol. The van der Waals surface area contributed by atoms with E-state index in [1.165, 1.54) is 0 Å². The Kier molecular flexibility index (Phi) is 5.38. The van der Waals surface area contributed by atoms with Crippen molar-refractivity contribution >= 4 is 5.97 Å². The van der Waals surface area contributed by atoms with Crippen molar-refractivity contribution < 1.29 is 14.3 Å². The summed E-state index contributed by atoms with van der Waals surface area (Å²) in [4.78, 5) is 11.4. The molecule has 21 heavy (non-hydrogen) atoms. The van der Waals surface area contributed by atoms with Gasteiger partial charge < -0.3 is 9.47 Å². The van der Waals surface area contributed by atoms with Crippen molar-refractivity contribution in [2.45, 2.75) is 13.8 Å². The second-order valence-electron chi connectivity index (χ2n) is 5.03. The van der Waals surface area contributed by atoms with Crippen LogP contribution in [0.1, 0.15) is 13.8 Å². The maximum Gasteiger partial charge on any atom is 0.308 e. The van der Waals surface area contributed by atoms with Crippen molar-refractivity contribution in [3.05, 3.63) is 54.6 Å². The molecule has 0 aromatic heterocycles. The Morgan fingerprint density at radius 1 is 0.952 bits per heavy atom. The summed E-state index contributed by atoms with van der Waals surface area (Å²) < 4.78 is 10.9. The molecular weight excluding hydrogens is 264 g/mol. The highest BCUT2D eigenvalue weighted by atomic mass is 16.6. The maximum atomic E-state index is 11.4. The van der Waals surface area contributed by atoms with Gasteiger partial charge >= 0.3 is 5.97 Å². The fraction of sp³-hybridized carbons (Fsp3) is 0.278. The molecule has 0 unspecified atom stereocenters. The molecule has 3 heteroatoms. The molecule has 0 N–H and O–H groups in total. The minimum Gasteiger partial charge on any atom is -0.489 e. The molecule has 0 radical (unpaired) electrons. The van der Waals surface area contributed by atoms with Gasteiger partial charge in [-0.05, 0) is 11.6 Å². The highest BCUT2D eigenvalue weighted by Crippen LogP contribution is 2.29. The van der Waals surface area contributed by atoms with Crippen LogP contribution in [0.15, 0.2) is 54.6 Å². The van der Waals surface area contributed by atoms with Crippen LogP contribution in [0.3, 0.4) is 0 Å². The third kappa shape index (κ3) is 4.35. The van der Waals surface area contributed by atoms with Gasteiger partial charge in [0.15, 0.2) is 0 Å². The van der Waals surface area contributed by atoms with Gasteiger partial charge in [-0.25, -0.2) is 0 Å². The third-order valence-electron chi connectivity index (χ3n) is 3.03. The molecular formula is C18H20O3. The predicted octanol–water partition coefficient (Wildman–Crippen LogP) is 3.93. The van der Waals surface area contributed by atoms with Crippen LogP contribution in [-0.4, -0.2) is 19.2 Å². The molecule has 2 rings (SSSR count). The second kappa shape index (κ2) is 7.48. The van der Waals surface area contributed by atoms with Crippen LogP contribution < -0.4 is 4.74 Å². The minimum atomic E-state index is -0.199. The lowest BCUT2D eigenvalue weighted by molar-refractivity contribution is -0.148. The fourth-order valence-electron chi connectivity index (χ4n) is 1.91. The number of carbonyl (C=O) groups is 1. The lowest BCUT2D eigenvalue weighted by atomic mass is 10.1. The summed E-state index contributed by atoms with van der Waals surface area (Å²) in [5.74, 6) is 0.487. The first-order chi connectivity index (χ1) is 10.2. The number of rotatable bonds is 6. The van der Waals surface area contributed by atoms with E-state index in [0.29, 0.717) is 6.61 Å².